The average Bonchev–Trinajstić information content (AvgIpc) is 3.02. The topological polar surface area (TPSA) is 45.7 Å². The molecule has 0 saturated heterocycles. The van der Waals surface area contributed by atoms with Gasteiger partial charge in [-0.05, 0) is 38.6 Å². The predicted octanol–water partition coefficient (Wildman–Crippen LogP) is 2.81. The molecule has 128 valence electrons. The summed E-state index contributed by atoms with van der Waals surface area (Å²) in [5, 5.41) is 0. The normalized spacial score (nSPS) is 17.2. The van der Waals surface area contributed by atoms with Gasteiger partial charge in [0.05, 0.1) is 23.9 Å². The highest BCUT2D eigenvalue weighted by Gasteiger charge is 2.33. The first-order valence-electron chi connectivity index (χ1n) is 8.09. The number of anilines is 1. The number of hydrogen-bond acceptors (Lipinski definition) is 5. The first kappa shape index (κ1) is 17.1. The number of carbonyl (C=O) groups is 1. The molecule has 5 nitrogen and oxygen atoms in total. The summed E-state index contributed by atoms with van der Waals surface area (Å²) in [7, 11) is 5.72. The zero-order valence-electron chi connectivity index (χ0n) is 14.4. The number of thiazole rings is 1. The molecule has 0 spiro atoms. The maximum absolute atomic E-state index is 13.3. The minimum atomic E-state index is 0.0311. The van der Waals surface area contributed by atoms with Gasteiger partial charge in [0.15, 0.2) is 0 Å². The molecular weight excluding hydrogens is 322 g/mol. The standard InChI is InChI=1S/C18H23N3O2S/c1-20(2)10-14-9-8-13-6-4-5-7-16(13)21(14)18(22)17-15(11-23-3)19-12-24-17/h4-7,12,14H,8-11H2,1-3H3. The number of para-hydroxylation sites is 1. The molecule has 1 aliphatic heterocycles. The monoisotopic (exact) mass is 345 g/mol. The van der Waals surface area contributed by atoms with Gasteiger partial charge in [-0.2, -0.15) is 0 Å². The molecule has 0 fully saturated rings. The van der Waals surface area contributed by atoms with Crippen molar-refractivity contribution >= 4 is 22.9 Å². The summed E-state index contributed by atoms with van der Waals surface area (Å²) in [5.41, 5.74) is 4.70. The van der Waals surface area contributed by atoms with Crippen LogP contribution >= 0.6 is 11.3 Å². The molecule has 0 saturated carbocycles. The van der Waals surface area contributed by atoms with Crippen LogP contribution in [0.4, 0.5) is 5.69 Å². The third kappa shape index (κ3) is 3.36. The molecule has 1 aliphatic rings. The molecule has 0 radical (unpaired) electrons. The Bertz CT molecular complexity index is 714. The van der Waals surface area contributed by atoms with Crippen LogP contribution in [0, 0.1) is 0 Å². The van der Waals surface area contributed by atoms with E-state index >= 15 is 0 Å². The van der Waals surface area contributed by atoms with E-state index in [0.29, 0.717) is 11.5 Å². The van der Waals surface area contributed by atoms with Crippen LogP contribution in [0.3, 0.4) is 0 Å². The Morgan fingerprint density at radius 3 is 2.96 bits per heavy atom. The van der Waals surface area contributed by atoms with Crippen molar-refractivity contribution in [2.75, 3.05) is 32.6 Å². The van der Waals surface area contributed by atoms with Gasteiger partial charge >= 0.3 is 0 Å². The van der Waals surface area contributed by atoms with Gasteiger partial charge in [0.25, 0.3) is 5.91 Å². The van der Waals surface area contributed by atoms with Crippen LogP contribution < -0.4 is 4.90 Å². The maximum atomic E-state index is 13.3. The van der Waals surface area contributed by atoms with Gasteiger partial charge in [0.1, 0.15) is 4.88 Å². The molecule has 1 amide bonds. The molecular formula is C18H23N3O2S. The number of amides is 1. The van der Waals surface area contributed by atoms with Crippen molar-refractivity contribution in [2.24, 2.45) is 0 Å². The first-order chi connectivity index (χ1) is 11.6. The van der Waals surface area contributed by atoms with Crippen molar-refractivity contribution < 1.29 is 9.53 Å². The number of rotatable bonds is 5. The van der Waals surface area contributed by atoms with Crippen molar-refractivity contribution in [3.63, 3.8) is 0 Å². The minimum Gasteiger partial charge on any atom is -0.378 e. The molecule has 2 aromatic rings. The van der Waals surface area contributed by atoms with Gasteiger partial charge in [-0.25, -0.2) is 4.98 Å². The highest BCUT2D eigenvalue weighted by atomic mass is 32.1. The highest BCUT2D eigenvalue weighted by molar-refractivity contribution is 7.12. The van der Waals surface area contributed by atoms with Crippen LogP contribution in [0.25, 0.3) is 0 Å². The summed E-state index contributed by atoms with van der Waals surface area (Å²) in [4.78, 5) is 22.4. The minimum absolute atomic E-state index is 0.0311. The van der Waals surface area contributed by atoms with Crippen molar-refractivity contribution in [1.29, 1.82) is 0 Å². The van der Waals surface area contributed by atoms with E-state index in [2.05, 4.69) is 16.0 Å². The van der Waals surface area contributed by atoms with Crippen molar-refractivity contribution in [3.05, 3.63) is 45.9 Å². The number of carbonyl (C=O) groups excluding carboxylic acids is 1. The van der Waals surface area contributed by atoms with E-state index in [9.17, 15) is 4.79 Å². The lowest BCUT2D eigenvalue weighted by molar-refractivity contribution is 0.0967. The molecule has 24 heavy (non-hydrogen) atoms. The second kappa shape index (κ2) is 7.42. The fourth-order valence-electron chi connectivity index (χ4n) is 3.27. The molecule has 1 atom stereocenters. The number of hydrogen-bond donors (Lipinski definition) is 0. The predicted molar refractivity (Wildman–Crippen MR) is 96.7 cm³/mol. The summed E-state index contributed by atoms with van der Waals surface area (Å²) < 4.78 is 5.19. The van der Waals surface area contributed by atoms with Gasteiger partial charge in [0, 0.05) is 19.3 Å². The van der Waals surface area contributed by atoms with E-state index < -0.39 is 0 Å². The number of aromatic nitrogens is 1. The van der Waals surface area contributed by atoms with Gasteiger partial charge < -0.3 is 14.5 Å². The molecule has 1 unspecified atom stereocenters. The number of aryl methyl sites for hydroxylation is 1. The second-order valence-electron chi connectivity index (χ2n) is 6.32. The van der Waals surface area contributed by atoms with Gasteiger partial charge in [-0.3, -0.25) is 4.79 Å². The summed E-state index contributed by atoms with van der Waals surface area (Å²) in [6.07, 6.45) is 1.98. The van der Waals surface area contributed by atoms with Crippen molar-refractivity contribution in [3.8, 4) is 0 Å². The van der Waals surface area contributed by atoms with E-state index in [1.807, 2.05) is 37.2 Å². The van der Waals surface area contributed by atoms with Gasteiger partial charge in [-0.15, -0.1) is 11.3 Å². The van der Waals surface area contributed by atoms with Crippen LogP contribution in [-0.2, 0) is 17.8 Å². The lowest BCUT2D eigenvalue weighted by Crippen LogP contribution is -2.48. The largest absolute Gasteiger partial charge is 0.378 e. The zero-order valence-corrected chi connectivity index (χ0v) is 15.2. The fourth-order valence-corrected chi connectivity index (χ4v) is 4.00. The third-order valence-electron chi connectivity index (χ3n) is 4.27. The van der Waals surface area contributed by atoms with Crippen molar-refractivity contribution in [1.82, 2.24) is 9.88 Å². The Labute approximate surface area is 146 Å². The van der Waals surface area contributed by atoms with E-state index in [-0.39, 0.29) is 11.9 Å². The Kier molecular flexibility index (Phi) is 5.28. The lowest BCUT2D eigenvalue weighted by Gasteiger charge is -2.38. The lowest BCUT2D eigenvalue weighted by atomic mass is 9.95. The smallest absolute Gasteiger partial charge is 0.270 e. The van der Waals surface area contributed by atoms with E-state index in [1.54, 1.807) is 12.6 Å². The number of likely N-dealkylation sites (N-methyl/N-ethyl adjacent to an activating group) is 1. The summed E-state index contributed by atoms with van der Waals surface area (Å²) in [5.74, 6) is 0.0311. The van der Waals surface area contributed by atoms with Gasteiger partial charge in [0.2, 0.25) is 0 Å². The molecule has 0 aliphatic carbocycles. The Morgan fingerprint density at radius 1 is 1.42 bits per heavy atom. The van der Waals surface area contributed by atoms with Crippen LogP contribution in [0.5, 0.6) is 0 Å². The number of nitrogens with zero attached hydrogens (tertiary/aromatic N) is 3. The van der Waals surface area contributed by atoms with Crippen molar-refractivity contribution in [2.45, 2.75) is 25.5 Å². The van der Waals surface area contributed by atoms with Crippen LogP contribution in [0.2, 0.25) is 0 Å². The Morgan fingerprint density at radius 2 is 2.21 bits per heavy atom. The first-order valence-corrected chi connectivity index (χ1v) is 8.97. The molecule has 0 N–H and O–H groups in total. The second-order valence-corrected chi connectivity index (χ2v) is 7.17. The van der Waals surface area contributed by atoms with Crippen LogP contribution in [0.15, 0.2) is 29.8 Å². The average molecular weight is 345 g/mol. The molecule has 1 aromatic heterocycles. The summed E-state index contributed by atoms with van der Waals surface area (Å²) in [6.45, 7) is 1.21. The molecule has 3 rings (SSSR count). The van der Waals surface area contributed by atoms with Crippen LogP contribution in [-0.4, -0.2) is 49.6 Å². The highest BCUT2D eigenvalue weighted by Crippen LogP contribution is 2.33. The quantitative estimate of drug-likeness (QED) is 0.836. The third-order valence-corrected chi connectivity index (χ3v) is 5.13. The molecule has 0 bridgehead atoms. The molecule has 1 aromatic carbocycles. The fraction of sp³-hybridized carbons (Fsp3) is 0.444. The number of fused-ring (bicyclic) bond motifs is 1. The Hall–Kier alpha value is -1.76. The van der Waals surface area contributed by atoms with Crippen LogP contribution in [0.1, 0.15) is 27.3 Å². The maximum Gasteiger partial charge on any atom is 0.270 e. The van der Waals surface area contributed by atoms with Gasteiger partial charge in [-0.1, -0.05) is 18.2 Å². The SMILES string of the molecule is COCc1ncsc1C(=O)N1c2ccccc2CCC1CN(C)C. The number of ether oxygens (including phenoxy) is 1. The van der Waals surface area contributed by atoms with E-state index in [1.165, 1.54) is 16.9 Å². The Balaban J connectivity index is 1.99. The molecule has 2 heterocycles. The molecule has 6 heteroatoms. The summed E-state index contributed by atoms with van der Waals surface area (Å²) >= 11 is 1.39. The number of benzene rings is 1. The van der Waals surface area contributed by atoms with E-state index in [0.717, 1.165) is 30.8 Å². The number of methoxy groups -OCH3 is 1. The van der Waals surface area contributed by atoms with E-state index in [4.69, 9.17) is 4.74 Å². The zero-order chi connectivity index (χ0) is 17.1. The summed E-state index contributed by atoms with van der Waals surface area (Å²) in [6, 6.07) is 8.37.